The maximum atomic E-state index is 13.1. The number of hydrogen-bond acceptors (Lipinski definition) is 3. The Labute approximate surface area is 149 Å². The molecule has 132 valence electrons. The third-order valence-corrected chi connectivity index (χ3v) is 4.50. The highest BCUT2D eigenvalue weighted by Crippen LogP contribution is 2.17. The number of rotatable bonds is 6. The van der Waals surface area contributed by atoms with Crippen LogP contribution >= 0.6 is 11.8 Å². The normalized spacial score (nSPS) is 11.7. The molecule has 7 heteroatoms. The Morgan fingerprint density at radius 2 is 1.64 bits per heavy atom. The van der Waals surface area contributed by atoms with E-state index in [1.807, 2.05) is 19.1 Å². The predicted molar refractivity (Wildman–Crippen MR) is 96.7 cm³/mol. The summed E-state index contributed by atoms with van der Waals surface area (Å²) in [6.45, 7) is 3.59. The van der Waals surface area contributed by atoms with Gasteiger partial charge in [0.25, 0.3) is 0 Å². The molecule has 0 heterocycles. The predicted octanol–water partition coefficient (Wildman–Crippen LogP) is 3.97. The topological polar surface area (TPSA) is 58.2 Å². The van der Waals surface area contributed by atoms with Gasteiger partial charge in [-0.1, -0.05) is 17.7 Å². The van der Waals surface area contributed by atoms with Crippen molar-refractivity contribution in [3.63, 3.8) is 0 Å². The minimum absolute atomic E-state index is 0.0975. The zero-order valence-electron chi connectivity index (χ0n) is 13.8. The first-order valence-corrected chi connectivity index (χ1v) is 8.64. The molecular weight excluding hydrogens is 346 g/mol. The van der Waals surface area contributed by atoms with Gasteiger partial charge < -0.3 is 10.6 Å². The Morgan fingerprint density at radius 1 is 1.00 bits per heavy atom. The van der Waals surface area contributed by atoms with Crippen molar-refractivity contribution >= 4 is 35.0 Å². The quantitative estimate of drug-likeness (QED) is 0.815. The molecule has 0 aliphatic carbocycles. The van der Waals surface area contributed by atoms with Gasteiger partial charge in [0.1, 0.15) is 0 Å². The molecule has 2 rings (SSSR count). The number of carbonyl (C=O) groups excluding carboxylic acids is 2. The average molecular weight is 364 g/mol. The van der Waals surface area contributed by atoms with Crippen molar-refractivity contribution in [1.82, 2.24) is 0 Å². The van der Waals surface area contributed by atoms with Gasteiger partial charge in [0, 0.05) is 17.4 Å². The number of amides is 2. The Morgan fingerprint density at radius 3 is 2.28 bits per heavy atom. The molecule has 0 fully saturated rings. The molecule has 1 atom stereocenters. The highest BCUT2D eigenvalue weighted by Gasteiger charge is 2.16. The lowest BCUT2D eigenvalue weighted by Gasteiger charge is -2.12. The molecule has 2 aromatic rings. The van der Waals surface area contributed by atoms with Gasteiger partial charge in [-0.25, -0.2) is 8.78 Å². The summed E-state index contributed by atoms with van der Waals surface area (Å²) in [4.78, 5) is 23.9. The van der Waals surface area contributed by atoms with Crippen LogP contribution in [0.2, 0.25) is 0 Å². The number of anilines is 2. The number of benzene rings is 2. The fourth-order valence-electron chi connectivity index (χ4n) is 1.93. The van der Waals surface area contributed by atoms with E-state index < -0.39 is 16.9 Å². The molecule has 0 aliphatic rings. The lowest BCUT2D eigenvalue weighted by molar-refractivity contribution is -0.115. The zero-order chi connectivity index (χ0) is 18.4. The van der Waals surface area contributed by atoms with Gasteiger partial charge in [-0.15, -0.1) is 11.8 Å². The number of hydrogen-bond donors (Lipinski definition) is 2. The minimum Gasteiger partial charge on any atom is -0.325 e. The van der Waals surface area contributed by atoms with Crippen LogP contribution in [0.3, 0.4) is 0 Å². The second-order valence-electron chi connectivity index (χ2n) is 5.49. The molecular formula is C18H18F2N2O2S. The van der Waals surface area contributed by atoms with Gasteiger partial charge in [0.15, 0.2) is 11.6 Å². The van der Waals surface area contributed by atoms with Crippen LogP contribution in [0.1, 0.15) is 12.5 Å². The van der Waals surface area contributed by atoms with Crippen LogP contribution in [0.25, 0.3) is 0 Å². The lowest BCUT2D eigenvalue weighted by Crippen LogP contribution is -2.25. The number of thioether (sulfide) groups is 1. The van der Waals surface area contributed by atoms with Crippen molar-refractivity contribution in [3.05, 3.63) is 59.7 Å². The van der Waals surface area contributed by atoms with Gasteiger partial charge in [0.2, 0.25) is 11.8 Å². The standard InChI is InChI=1S/C18H18F2N2O2S/c1-11-3-5-13(6-4-11)21-17(23)10-25-12(2)18(24)22-14-7-8-15(19)16(20)9-14/h3-9,12H,10H2,1-2H3,(H,21,23)(H,22,24). The summed E-state index contributed by atoms with van der Waals surface area (Å²) in [5, 5.41) is 4.70. The SMILES string of the molecule is Cc1ccc(NC(=O)CSC(C)C(=O)Nc2ccc(F)c(F)c2)cc1. The molecule has 25 heavy (non-hydrogen) atoms. The third kappa shape index (κ3) is 5.86. The van der Waals surface area contributed by atoms with Gasteiger partial charge in [0.05, 0.1) is 11.0 Å². The zero-order valence-corrected chi connectivity index (χ0v) is 14.6. The molecule has 0 bridgehead atoms. The van der Waals surface area contributed by atoms with E-state index in [4.69, 9.17) is 0 Å². The van der Waals surface area contributed by atoms with Gasteiger partial charge in [-0.2, -0.15) is 0 Å². The van der Waals surface area contributed by atoms with Crippen LogP contribution < -0.4 is 10.6 Å². The molecule has 2 N–H and O–H groups in total. The van der Waals surface area contributed by atoms with Crippen LogP contribution in [0.5, 0.6) is 0 Å². The highest BCUT2D eigenvalue weighted by molar-refractivity contribution is 8.01. The van der Waals surface area contributed by atoms with Gasteiger partial charge in [-0.05, 0) is 38.1 Å². The molecule has 1 unspecified atom stereocenters. The van der Waals surface area contributed by atoms with E-state index in [2.05, 4.69) is 10.6 Å². The lowest BCUT2D eigenvalue weighted by atomic mass is 10.2. The van der Waals surface area contributed by atoms with E-state index in [0.717, 1.165) is 29.5 Å². The molecule has 0 saturated heterocycles. The first kappa shape index (κ1) is 18.9. The van der Waals surface area contributed by atoms with E-state index in [-0.39, 0.29) is 23.3 Å². The largest absolute Gasteiger partial charge is 0.325 e. The van der Waals surface area contributed by atoms with E-state index in [9.17, 15) is 18.4 Å². The van der Waals surface area contributed by atoms with Crippen molar-refractivity contribution in [2.45, 2.75) is 19.1 Å². The Kier molecular flexibility index (Phi) is 6.52. The number of nitrogens with one attached hydrogen (secondary N) is 2. The van der Waals surface area contributed by atoms with Crippen LogP contribution in [0.15, 0.2) is 42.5 Å². The molecule has 0 aromatic heterocycles. The summed E-state index contributed by atoms with van der Waals surface area (Å²) in [6.07, 6.45) is 0. The fourth-order valence-corrected chi connectivity index (χ4v) is 2.61. The van der Waals surface area contributed by atoms with Crippen molar-refractivity contribution < 1.29 is 18.4 Å². The molecule has 2 aromatic carbocycles. The highest BCUT2D eigenvalue weighted by atomic mass is 32.2. The van der Waals surface area contributed by atoms with Gasteiger partial charge in [-0.3, -0.25) is 9.59 Å². The van der Waals surface area contributed by atoms with Crippen LogP contribution in [0, 0.1) is 18.6 Å². The molecule has 2 amide bonds. The summed E-state index contributed by atoms with van der Waals surface area (Å²) in [5.41, 5.74) is 1.95. The maximum absolute atomic E-state index is 13.1. The first-order chi connectivity index (χ1) is 11.8. The summed E-state index contributed by atoms with van der Waals surface area (Å²) < 4.78 is 26.0. The van der Waals surface area contributed by atoms with Crippen LogP contribution in [0.4, 0.5) is 20.2 Å². The molecule has 0 saturated carbocycles. The molecule has 0 aliphatic heterocycles. The second-order valence-corrected chi connectivity index (χ2v) is 6.81. The van der Waals surface area contributed by atoms with E-state index in [1.165, 1.54) is 6.07 Å². The minimum atomic E-state index is -1.03. The summed E-state index contributed by atoms with van der Waals surface area (Å²) in [7, 11) is 0. The van der Waals surface area contributed by atoms with Crippen molar-refractivity contribution in [1.29, 1.82) is 0 Å². The smallest absolute Gasteiger partial charge is 0.237 e. The summed E-state index contributed by atoms with van der Waals surface area (Å²) in [6, 6.07) is 10.5. The maximum Gasteiger partial charge on any atom is 0.237 e. The number of aryl methyl sites for hydroxylation is 1. The summed E-state index contributed by atoms with van der Waals surface area (Å²) >= 11 is 1.15. The molecule has 0 spiro atoms. The fraction of sp³-hybridized carbons (Fsp3) is 0.222. The molecule has 0 radical (unpaired) electrons. The number of carbonyl (C=O) groups is 2. The Balaban J connectivity index is 1.81. The first-order valence-electron chi connectivity index (χ1n) is 7.59. The third-order valence-electron chi connectivity index (χ3n) is 3.36. The van der Waals surface area contributed by atoms with Crippen molar-refractivity contribution in [2.75, 3.05) is 16.4 Å². The molecule has 4 nitrogen and oxygen atoms in total. The van der Waals surface area contributed by atoms with E-state index >= 15 is 0 Å². The monoisotopic (exact) mass is 364 g/mol. The van der Waals surface area contributed by atoms with Crippen molar-refractivity contribution in [2.24, 2.45) is 0 Å². The van der Waals surface area contributed by atoms with Crippen LogP contribution in [-0.2, 0) is 9.59 Å². The second kappa shape index (κ2) is 8.62. The van der Waals surface area contributed by atoms with Crippen LogP contribution in [-0.4, -0.2) is 22.8 Å². The summed E-state index contributed by atoms with van der Waals surface area (Å²) in [5.74, 6) is -2.52. The Bertz CT molecular complexity index is 766. The van der Waals surface area contributed by atoms with E-state index in [0.29, 0.717) is 5.69 Å². The Hall–Kier alpha value is -2.41. The van der Waals surface area contributed by atoms with Crippen molar-refractivity contribution in [3.8, 4) is 0 Å². The number of halogens is 2. The average Bonchev–Trinajstić information content (AvgIpc) is 2.58. The van der Waals surface area contributed by atoms with Gasteiger partial charge >= 0.3 is 0 Å². The van der Waals surface area contributed by atoms with E-state index in [1.54, 1.807) is 19.1 Å².